The predicted octanol–water partition coefficient (Wildman–Crippen LogP) is 1.43. The Balaban J connectivity index is 2.25. The number of hydrogen-bond acceptors (Lipinski definition) is 2. The minimum Gasteiger partial charge on any atom is -0.393 e. The molecule has 0 aromatic carbocycles. The summed E-state index contributed by atoms with van der Waals surface area (Å²) in [5.74, 6) is 1.29. The molecule has 2 nitrogen and oxygen atoms in total. The van der Waals surface area contributed by atoms with Gasteiger partial charge in [0, 0.05) is 13.7 Å². The van der Waals surface area contributed by atoms with Crippen LogP contribution in [0.25, 0.3) is 0 Å². The highest BCUT2D eigenvalue weighted by Crippen LogP contribution is 2.31. The van der Waals surface area contributed by atoms with Crippen molar-refractivity contribution in [1.29, 1.82) is 0 Å². The van der Waals surface area contributed by atoms with E-state index in [0.29, 0.717) is 11.8 Å². The molecule has 0 radical (unpaired) electrons. The highest BCUT2D eigenvalue weighted by molar-refractivity contribution is 4.78. The third-order valence-electron chi connectivity index (χ3n) is 2.68. The van der Waals surface area contributed by atoms with Crippen molar-refractivity contribution < 1.29 is 9.84 Å². The second-order valence-corrected chi connectivity index (χ2v) is 3.66. The Morgan fingerprint density at radius 2 is 2.27 bits per heavy atom. The van der Waals surface area contributed by atoms with E-state index < -0.39 is 0 Å². The molecule has 0 aromatic rings. The molecule has 0 spiro atoms. The zero-order valence-corrected chi connectivity index (χ0v) is 7.42. The van der Waals surface area contributed by atoms with Gasteiger partial charge in [-0.1, -0.05) is 6.92 Å². The van der Waals surface area contributed by atoms with E-state index in [1.54, 1.807) is 7.11 Å². The summed E-state index contributed by atoms with van der Waals surface area (Å²) >= 11 is 0. The summed E-state index contributed by atoms with van der Waals surface area (Å²) in [5, 5.41) is 9.28. The van der Waals surface area contributed by atoms with Gasteiger partial charge in [-0.15, -0.1) is 0 Å². The van der Waals surface area contributed by atoms with Gasteiger partial charge in [0.1, 0.15) is 0 Å². The average molecular weight is 158 g/mol. The first kappa shape index (κ1) is 9.01. The van der Waals surface area contributed by atoms with Crippen LogP contribution >= 0.6 is 0 Å². The molecule has 0 amide bonds. The van der Waals surface area contributed by atoms with E-state index in [0.717, 1.165) is 19.4 Å². The summed E-state index contributed by atoms with van der Waals surface area (Å²) in [4.78, 5) is 0. The molecule has 1 rings (SSSR count). The summed E-state index contributed by atoms with van der Waals surface area (Å²) in [6, 6.07) is 0. The molecule has 0 bridgehead atoms. The Bertz CT molecular complexity index is 114. The minimum absolute atomic E-state index is 0.0423. The van der Waals surface area contributed by atoms with Gasteiger partial charge in [0.25, 0.3) is 0 Å². The number of methoxy groups -OCH3 is 1. The van der Waals surface area contributed by atoms with Crippen LogP contribution in [0.15, 0.2) is 0 Å². The maximum atomic E-state index is 9.28. The maximum Gasteiger partial charge on any atom is 0.0543 e. The lowest BCUT2D eigenvalue weighted by Crippen LogP contribution is -2.14. The number of ether oxygens (including phenoxy) is 1. The van der Waals surface area contributed by atoms with Gasteiger partial charge in [0.2, 0.25) is 0 Å². The van der Waals surface area contributed by atoms with Crippen molar-refractivity contribution in [2.45, 2.75) is 32.3 Å². The zero-order valence-electron chi connectivity index (χ0n) is 7.42. The lowest BCUT2D eigenvalue weighted by Gasteiger charge is -2.17. The van der Waals surface area contributed by atoms with Crippen molar-refractivity contribution in [3.63, 3.8) is 0 Å². The van der Waals surface area contributed by atoms with E-state index in [2.05, 4.69) is 6.92 Å². The van der Waals surface area contributed by atoms with Crippen molar-refractivity contribution in [2.75, 3.05) is 13.7 Å². The van der Waals surface area contributed by atoms with Crippen LogP contribution in [0.5, 0.6) is 0 Å². The monoisotopic (exact) mass is 158 g/mol. The molecule has 0 saturated heterocycles. The summed E-state index contributed by atoms with van der Waals surface area (Å²) in [5.41, 5.74) is 0. The van der Waals surface area contributed by atoms with Crippen LogP contribution in [0.2, 0.25) is 0 Å². The summed E-state index contributed by atoms with van der Waals surface area (Å²) in [7, 11) is 1.74. The van der Waals surface area contributed by atoms with Crippen LogP contribution in [-0.4, -0.2) is 24.9 Å². The first-order chi connectivity index (χ1) is 5.24. The van der Waals surface area contributed by atoms with E-state index >= 15 is 0 Å². The Morgan fingerprint density at radius 3 is 2.73 bits per heavy atom. The third-order valence-corrected chi connectivity index (χ3v) is 2.68. The summed E-state index contributed by atoms with van der Waals surface area (Å²) in [6.45, 7) is 3.03. The lowest BCUT2D eigenvalue weighted by molar-refractivity contribution is 0.120. The number of hydrogen-bond donors (Lipinski definition) is 1. The molecule has 1 fully saturated rings. The fraction of sp³-hybridized carbons (Fsp3) is 1.00. The molecule has 0 aromatic heterocycles. The molecular formula is C9H18O2. The second kappa shape index (κ2) is 4.07. The normalized spacial score (nSPS) is 34.1. The molecule has 3 atom stereocenters. The predicted molar refractivity (Wildman–Crippen MR) is 44.4 cm³/mol. The molecule has 0 heterocycles. The minimum atomic E-state index is -0.0423. The Hall–Kier alpha value is -0.0800. The van der Waals surface area contributed by atoms with E-state index in [4.69, 9.17) is 4.74 Å². The van der Waals surface area contributed by atoms with E-state index in [-0.39, 0.29) is 6.10 Å². The van der Waals surface area contributed by atoms with Crippen LogP contribution in [-0.2, 0) is 4.74 Å². The van der Waals surface area contributed by atoms with Crippen LogP contribution in [0.4, 0.5) is 0 Å². The lowest BCUT2D eigenvalue weighted by atomic mass is 9.93. The molecule has 1 aliphatic carbocycles. The van der Waals surface area contributed by atoms with Gasteiger partial charge in [0.05, 0.1) is 6.10 Å². The SMILES string of the molecule is COCC(C)C1CCC(O)C1. The fourth-order valence-electron chi connectivity index (χ4n) is 1.91. The van der Waals surface area contributed by atoms with Crippen molar-refractivity contribution in [3.05, 3.63) is 0 Å². The van der Waals surface area contributed by atoms with Crippen molar-refractivity contribution >= 4 is 0 Å². The van der Waals surface area contributed by atoms with E-state index in [1.165, 1.54) is 6.42 Å². The zero-order chi connectivity index (χ0) is 8.27. The average Bonchev–Trinajstić information content (AvgIpc) is 2.36. The number of aliphatic hydroxyl groups is 1. The Morgan fingerprint density at radius 1 is 1.55 bits per heavy atom. The first-order valence-corrected chi connectivity index (χ1v) is 4.41. The molecule has 1 saturated carbocycles. The molecule has 66 valence electrons. The number of aliphatic hydroxyl groups excluding tert-OH is 1. The van der Waals surface area contributed by atoms with Gasteiger partial charge < -0.3 is 9.84 Å². The molecule has 11 heavy (non-hydrogen) atoms. The molecular weight excluding hydrogens is 140 g/mol. The highest BCUT2D eigenvalue weighted by atomic mass is 16.5. The van der Waals surface area contributed by atoms with Gasteiger partial charge in [0.15, 0.2) is 0 Å². The van der Waals surface area contributed by atoms with Crippen LogP contribution < -0.4 is 0 Å². The largest absolute Gasteiger partial charge is 0.393 e. The standard InChI is InChI=1S/C9H18O2/c1-7(6-11-2)8-3-4-9(10)5-8/h7-10H,3-6H2,1-2H3. The van der Waals surface area contributed by atoms with Crippen molar-refractivity contribution in [3.8, 4) is 0 Å². The Kier molecular flexibility index (Phi) is 3.34. The maximum absolute atomic E-state index is 9.28. The molecule has 1 aliphatic rings. The topological polar surface area (TPSA) is 29.5 Å². The second-order valence-electron chi connectivity index (χ2n) is 3.66. The van der Waals surface area contributed by atoms with Gasteiger partial charge in [-0.25, -0.2) is 0 Å². The van der Waals surface area contributed by atoms with E-state index in [1.807, 2.05) is 0 Å². The smallest absolute Gasteiger partial charge is 0.0543 e. The number of rotatable bonds is 3. The first-order valence-electron chi connectivity index (χ1n) is 4.41. The summed E-state index contributed by atoms with van der Waals surface area (Å²) in [6.07, 6.45) is 3.09. The Labute approximate surface area is 68.6 Å². The van der Waals surface area contributed by atoms with Crippen molar-refractivity contribution in [2.24, 2.45) is 11.8 Å². The fourth-order valence-corrected chi connectivity index (χ4v) is 1.91. The molecule has 0 aliphatic heterocycles. The van der Waals surface area contributed by atoms with Crippen LogP contribution in [0.1, 0.15) is 26.2 Å². The van der Waals surface area contributed by atoms with Crippen LogP contribution in [0, 0.1) is 11.8 Å². The van der Waals surface area contributed by atoms with E-state index in [9.17, 15) is 5.11 Å². The summed E-state index contributed by atoms with van der Waals surface area (Å²) < 4.78 is 5.07. The molecule has 2 heteroatoms. The van der Waals surface area contributed by atoms with Gasteiger partial charge >= 0.3 is 0 Å². The third kappa shape index (κ3) is 2.46. The quantitative estimate of drug-likeness (QED) is 0.673. The van der Waals surface area contributed by atoms with Crippen molar-refractivity contribution in [1.82, 2.24) is 0 Å². The highest BCUT2D eigenvalue weighted by Gasteiger charge is 2.26. The van der Waals surface area contributed by atoms with Crippen LogP contribution in [0.3, 0.4) is 0 Å². The van der Waals surface area contributed by atoms with Gasteiger partial charge in [-0.2, -0.15) is 0 Å². The van der Waals surface area contributed by atoms with Gasteiger partial charge in [-0.3, -0.25) is 0 Å². The van der Waals surface area contributed by atoms with Gasteiger partial charge in [-0.05, 0) is 31.1 Å². The molecule has 3 unspecified atom stereocenters. The molecule has 1 N–H and O–H groups in total.